The van der Waals surface area contributed by atoms with Gasteiger partial charge >= 0.3 is 5.97 Å². The van der Waals surface area contributed by atoms with Crippen molar-refractivity contribution in [1.82, 2.24) is 5.32 Å². The van der Waals surface area contributed by atoms with Crippen molar-refractivity contribution in [3.63, 3.8) is 0 Å². The van der Waals surface area contributed by atoms with Gasteiger partial charge < -0.3 is 24.6 Å². The summed E-state index contributed by atoms with van der Waals surface area (Å²) in [5.41, 5.74) is 0.986. The van der Waals surface area contributed by atoms with Crippen LogP contribution in [-0.4, -0.2) is 37.8 Å². The Hall–Kier alpha value is -3.22. The molecule has 0 radical (unpaired) electrons. The van der Waals surface area contributed by atoms with Crippen molar-refractivity contribution in [1.29, 1.82) is 0 Å². The third kappa shape index (κ3) is 5.63. The second-order valence-electron chi connectivity index (χ2n) is 7.01. The molecule has 29 heavy (non-hydrogen) atoms. The number of carboxylic acid groups (broad SMARTS) is 1. The number of aliphatic carboxylic acids is 1. The van der Waals surface area contributed by atoms with Crippen LogP contribution in [0.3, 0.4) is 0 Å². The molecule has 1 amide bonds. The zero-order valence-electron chi connectivity index (χ0n) is 16.5. The Balaban J connectivity index is 1.74. The quantitative estimate of drug-likeness (QED) is 0.636. The zero-order chi connectivity index (χ0) is 20.8. The molecule has 2 aromatic carbocycles. The summed E-state index contributed by atoms with van der Waals surface area (Å²) in [6.45, 7) is 0.698. The first-order valence-electron chi connectivity index (χ1n) is 9.47. The van der Waals surface area contributed by atoms with Crippen LogP contribution in [0.25, 0.3) is 0 Å². The smallest absolute Gasteiger partial charge is 0.305 e. The van der Waals surface area contributed by atoms with E-state index in [0.29, 0.717) is 40.9 Å². The lowest BCUT2D eigenvalue weighted by Crippen LogP contribution is -2.30. The minimum absolute atomic E-state index is 0.281. The van der Waals surface area contributed by atoms with Gasteiger partial charge in [0.05, 0.1) is 33.3 Å². The normalized spacial score (nSPS) is 14.0. The Bertz CT molecular complexity index is 860. The van der Waals surface area contributed by atoms with Gasteiger partial charge in [-0.1, -0.05) is 0 Å². The molecule has 0 aromatic heterocycles. The summed E-state index contributed by atoms with van der Waals surface area (Å²) < 4.78 is 16.2. The van der Waals surface area contributed by atoms with E-state index in [0.717, 1.165) is 0 Å². The Morgan fingerprint density at radius 2 is 1.76 bits per heavy atom. The fraction of sp³-hybridized carbons (Fsp3) is 0.364. The third-order valence-electron chi connectivity index (χ3n) is 4.80. The lowest BCUT2D eigenvalue weighted by atomic mass is 10.0. The fourth-order valence-corrected chi connectivity index (χ4v) is 2.96. The highest BCUT2D eigenvalue weighted by molar-refractivity contribution is 5.94. The molecule has 3 rings (SSSR count). The van der Waals surface area contributed by atoms with Crippen molar-refractivity contribution >= 4 is 11.9 Å². The monoisotopic (exact) mass is 399 g/mol. The van der Waals surface area contributed by atoms with Gasteiger partial charge in [-0.05, 0) is 55.2 Å². The number of benzene rings is 2. The van der Waals surface area contributed by atoms with Crippen LogP contribution in [0.4, 0.5) is 0 Å². The van der Waals surface area contributed by atoms with Crippen molar-refractivity contribution in [2.45, 2.75) is 25.3 Å². The van der Waals surface area contributed by atoms with Gasteiger partial charge in [0.25, 0.3) is 5.91 Å². The molecule has 0 heterocycles. The first kappa shape index (κ1) is 20.5. The number of hydrogen-bond donors (Lipinski definition) is 2. The number of carbonyl (C=O) groups is 2. The minimum Gasteiger partial charge on any atom is -0.497 e. The predicted molar refractivity (Wildman–Crippen MR) is 107 cm³/mol. The van der Waals surface area contributed by atoms with E-state index < -0.39 is 12.0 Å². The molecule has 7 nitrogen and oxygen atoms in total. The van der Waals surface area contributed by atoms with E-state index in [1.807, 2.05) is 0 Å². The molecule has 1 fully saturated rings. The topological polar surface area (TPSA) is 94.1 Å². The number of methoxy groups -OCH3 is 2. The van der Waals surface area contributed by atoms with Crippen LogP contribution >= 0.6 is 0 Å². The van der Waals surface area contributed by atoms with Gasteiger partial charge in [0, 0.05) is 17.2 Å². The van der Waals surface area contributed by atoms with Crippen molar-refractivity contribution in [2.24, 2.45) is 5.92 Å². The summed E-state index contributed by atoms with van der Waals surface area (Å²) in [7, 11) is 3.02. The molecule has 2 N–H and O–H groups in total. The summed E-state index contributed by atoms with van der Waals surface area (Å²) in [5.74, 6) is 0.981. The summed E-state index contributed by atoms with van der Waals surface area (Å²) in [4.78, 5) is 24.1. The van der Waals surface area contributed by atoms with Crippen LogP contribution in [0.2, 0.25) is 0 Å². The highest BCUT2D eigenvalue weighted by Crippen LogP contribution is 2.32. The molecule has 154 valence electrons. The zero-order valence-corrected chi connectivity index (χ0v) is 16.5. The standard InChI is InChI=1S/C22H25NO6/c1-27-17-9-10-18(20(11-17)28-2)19(12-21(24)25)23-22(26)15-5-7-16(8-6-15)29-13-14-3-4-14/h5-11,14,19H,3-4,12-13H2,1-2H3,(H,23,26)(H,24,25). The number of carboxylic acids is 1. The number of nitrogens with one attached hydrogen (secondary N) is 1. The molecule has 1 unspecified atom stereocenters. The lowest BCUT2D eigenvalue weighted by Gasteiger charge is -2.20. The van der Waals surface area contributed by atoms with E-state index in [1.54, 1.807) is 42.5 Å². The maximum Gasteiger partial charge on any atom is 0.305 e. The van der Waals surface area contributed by atoms with E-state index in [2.05, 4.69) is 5.32 Å². The molecular formula is C22H25NO6. The largest absolute Gasteiger partial charge is 0.497 e. The average molecular weight is 399 g/mol. The highest BCUT2D eigenvalue weighted by Gasteiger charge is 2.23. The SMILES string of the molecule is COc1ccc(C(CC(=O)O)NC(=O)c2ccc(OCC3CC3)cc2)c(OC)c1. The molecule has 1 saturated carbocycles. The number of hydrogen-bond acceptors (Lipinski definition) is 5. The van der Waals surface area contributed by atoms with Crippen LogP contribution < -0.4 is 19.5 Å². The van der Waals surface area contributed by atoms with Gasteiger partial charge in [-0.25, -0.2) is 0 Å². The third-order valence-corrected chi connectivity index (χ3v) is 4.80. The molecule has 0 saturated heterocycles. The number of rotatable bonds is 10. The lowest BCUT2D eigenvalue weighted by molar-refractivity contribution is -0.137. The van der Waals surface area contributed by atoms with Crippen LogP contribution in [-0.2, 0) is 4.79 Å². The molecule has 0 aliphatic heterocycles. The maximum absolute atomic E-state index is 12.7. The Labute approximate surface area is 169 Å². The van der Waals surface area contributed by atoms with Crippen molar-refractivity contribution in [3.05, 3.63) is 53.6 Å². The van der Waals surface area contributed by atoms with Gasteiger partial charge in [-0.2, -0.15) is 0 Å². The Morgan fingerprint density at radius 3 is 2.34 bits per heavy atom. The van der Waals surface area contributed by atoms with Crippen molar-refractivity contribution < 1.29 is 28.9 Å². The summed E-state index contributed by atoms with van der Waals surface area (Å²) in [6.07, 6.45) is 2.14. The van der Waals surface area contributed by atoms with E-state index in [9.17, 15) is 14.7 Å². The summed E-state index contributed by atoms with van der Waals surface area (Å²) in [6, 6.07) is 11.1. The van der Waals surface area contributed by atoms with Gasteiger partial charge in [-0.15, -0.1) is 0 Å². The number of ether oxygens (including phenoxy) is 3. The Morgan fingerprint density at radius 1 is 1.07 bits per heavy atom. The van der Waals surface area contributed by atoms with E-state index in [-0.39, 0.29) is 12.3 Å². The van der Waals surface area contributed by atoms with Crippen molar-refractivity contribution in [3.8, 4) is 17.2 Å². The second-order valence-corrected chi connectivity index (χ2v) is 7.01. The fourth-order valence-electron chi connectivity index (χ4n) is 2.96. The van der Waals surface area contributed by atoms with E-state index >= 15 is 0 Å². The van der Waals surface area contributed by atoms with Gasteiger partial charge in [0.1, 0.15) is 17.2 Å². The molecule has 1 aliphatic carbocycles. The molecule has 0 bridgehead atoms. The van der Waals surface area contributed by atoms with Gasteiger partial charge in [-0.3, -0.25) is 9.59 Å². The van der Waals surface area contributed by atoms with E-state index in [1.165, 1.54) is 27.1 Å². The number of carbonyl (C=O) groups excluding carboxylic acids is 1. The molecule has 1 atom stereocenters. The molecule has 0 spiro atoms. The number of amides is 1. The molecule has 2 aromatic rings. The predicted octanol–water partition coefficient (Wildman–Crippen LogP) is 3.44. The van der Waals surface area contributed by atoms with Crippen LogP contribution in [0.15, 0.2) is 42.5 Å². The molecule has 7 heteroatoms. The summed E-state index contributed by atoms with van der Waals surface area (Å²) >= 11 is 0. The van der Waals surface area contributed by atoms with Crippen LogP contribution in [0.1, 0.15) is 41.2 Å². The maximum atomic E-state index is 12.7. The first-order chi connectivity index (χ1) is 14.0. The van der Waals surface area contributed by atoms with E-state index in [4.69, 9.17) is 14.2 Å². The second kappa shape index (κ2) is 9.32. The first-order valence-corrected chi connectivity index (χ1v) is 9.47. The van der Waals surface area contributed by atoms with Gasteiger partial charge in [0.2, 0.25) is 0 Å². The van der Waals surface area contributed by atoms with Crippen LogP contribution in [0, 0.1) is 5.92 Å². The molecular weight excluding hydrogens is 374 g/mol. The highest BCUT2D eigenvalue weighted by atomic mass is 16.5. The average Bonchev–Trinajstić information content (AvgIpc) is 3.55. The van der Waals surface area contributed by atoms with Crippen molar-refractivity contribution in [2.75, 3.05) is 20.8 Å². The molecule has 1 aliphatic rings. The summed E-state index contributed by atoms with van der Waals surface area (Å²) in [5, 5.41) is 12.1. The van der Waals surface area contributed by atoms with Gasteiger partial charge in [0.15, 0.2) is 0 Å². The Kier molecular flexibility index (Phi) is 6.59. The van der Waals surface area contributed by atoms with Crippen LogP contribution in [0.5, 0.6) is 17.2 Å². The minimum atomic E-state index is -1.03.